The number of benzene rings is 3. The largest absolute Gasteiger partial charge is 0.376 e. The Balaban J connectivity index is 1.29. The van der Waals surface area contributed by atoms with Crippen molar-refractivity contribution in [3.8, 4) is 0 Å². The van der Waals surface area contributed by atoms with E-state index in [2.05, 4.69) is 22.8 Å². The quantitative estimate of drug-likeness (QED) is 0.660. The van der Waals surface area contributed by atoms with Gasteiger partial charge in [0.05, 0.1) is 6.54 Å². The lowest BCUT2D eigenvalue weighted by Gasteiger charge is -2.17. The Kier molecular flexibility index (Phi) is 5.80. The third kappa shape index (κ3) is 4.51. The SMILES string of the molecule is Cc1cccc(CNC(=O)CNc2ccc(C(=O)N3CCc4ccccc43)cc2)c1. The zero-order chi connectivity index (χ0) is 20.9. The minimum Gasteiger partial charge on any atom is -0.376 e. The van der Waals surface area contributed by atoms with Gasteiger partial charge in [-0.25, -0.2) is 0 Å². The van der Waals surface area contributed by atoms with Crippen molar-refractivity contribution in [3.05, 3.63) is 95.1 Å². The number of carbonyl (C=O) groups is 2. The first kappa shape index (κ1) is 19.7. The van der Waals surface area contributed by atoms with Crippen molar-refractivity contribution in [1.82, 2.24) is 5.32 Å². The number of aryl methyl sites for hydroxylation is 1. The molecule has 0 fully saturated rings. The van der Waals surface area contributed by atoms with Gasteiger partial charge in [-0.15, -0.1) is 0 Å². The summed E-state index contributed by atoms with van der Waals surface area (Å²) in [5.41, 5.74) is 5.90. The highest BCUT2D eigenvalue weighted by molar-refractivity contribution is 6.07. The van der Waals surface area contributed by atoms with Crippen LogP contribution in [0.1, 0.15) is 27.0 Å². The van der Waals surface area contributed by atoms with Gasteiger partial charge in [0.2, 0.25) is 5.91 Å². The van der Waals surface area contributed by atoms with E-state index in [0.717, 1.165) is 23.4 Å². The van der Waals surface area contributed by atoms with Gasteiger partial charge in [-0.1, -0.05) is 48.0 Å². The average Bonchev–Trinajstić information content (AvgIpc) is 3.20. The van der Waals surface area contributed by atoms with Crippen LogP contribution in [-0.2, 0) is 17.8 Å². The lowest BCUT2D eigenvalue weighted by Crippen LogP contribution is -2.29. The summed E-state index contributed by atoms with van der Waals surface area (Å²) < 4.78 is 0. The van der Waals surface area contributed by atoms with Crippen LogP contribution in [-0.4, -0.2) is 24.9 Å². The van der Waals surface area contributed by atoms with E-state index in [1.807, 2.05) is 60.4 Å². The standard InChI is InChI=1S/C25H25N3O2/c1-18-5-4-6-19(15-18)16-27-24(29)17-26-22-11-9-21(10-12-22)25(30)28-14-13-20-7-2-3-8-23(20)28/h2-12,15,26H,13-14,16-17H2,1H3,(H,27,29). The second kappa shape index (κ2) is 8.82. The van der Waals surface area contributed by atoms with Crippen molar-refractivity contribution >= 4 is 23.2 Å². The monoisotopic (exact) mass is 399 g/mol. The van der Waals surface area contributed by atoms with Gasteiger partial charge in [-0.2, -0.15) is 0 Å². The lowest BCUT2D eigenvalue weighted by molar-refractivity contribution is -0.119. The molecule has 0 unspecified atom stereocenters. The zero-order valence-corrected chi connectivity index (χ0v) is 17.0. The van der Waals surface area contributed by atoms with Crippen LogP contribution in [0, 0.1) is 6.92 Å². The molecule has 0 atom stereocenters. The molecule has 3 aromatic carbocycles. The van der Waals surface area contributed by atoms with Crippen LogP contribution in [0.25, 0.3) is 0 Å². The van der Waals surface area contributed by atoms with Gasteiger partial charge in [0.25, 0.3) is 5.91 Å². The van der Waals surface area contributed by atoms with Crippen LogP contribution in [0.2, 0.25) is 0 Å². The summed E-state index contributed by atoms with van der Waals surface area (Å²) in [5, 5.41) is 6.02. The number of rotatable bonds is 6. The number of nitrogens with one attached hydrogen (secondary N) is 2. The minimum absolute atomic E-state index is 0.00222. The van der Waals surface area contributed by atoms with Crippen LogP contribution < -0.4 is 15.5 Å². The van der Waals surface area contributed by atoms with Crippen molar-refractivity contribution in [2.75, 3.05) is 23.3 Å². The topological polar surface area (TPSA) is 61.4 Å². The van der Waals surface area contributed by atoms with Gasteiger partial charge in [-0.05, 0) is 54.8 Å². The maximum atomic E-state index is 12.9. The van der Waals surface area contributed by atoms with Gasteiger partial charge >= 0.3 is 0 Å². The summed E-state index contributed by atoms with van der Waals surface area (Å²) in [5.74, 6) is -0.0762. The molecule has 0 saturated heterocycles. The molecule has 5 heteroatoms. The predicted molar refractivity (Wildman–Crippen MR) is 120 cm³/mol. The molecule has 0 bridgehead atoms. The normalized spacial score (nSPS) is 12.4. The molecule has 0 spiro atoms. The number of hydrogen-bond acceptors (Lipinski definition) is 3. The van der Waals surface area contributed by atoms with Crippen molar-refractivity contribution in [1.29, 1.82) is 0 Å². The van der Waals surface area contributed by atoms with E-state index in [1.165, 1.54) is 11.1 Å². The van der Waals surface area contributed by atoms with Gasteiger partial charge in [0.15, 0.2) is 0 Å². The molecule has 2 N–H and O–H groups in total. The summed E-state index contributed by atoms with van der Waals surface area (Å²) in [6.07, 6.45) is 0.888. The molecule has 0 saturated carbocycles. The van der Waals surface area contributed by atoms with Crippen LogP contribution in [0.3, 0.4) is 0 Å². The Hall–Kier alpha value is -3.60. The molecule has 1 aliphatic rings. The Morgan fingerprint density at radius 2 is 1.77 bits per heavy atom. The molecule has 1 heterocycles. The van der Waals surface area contributed by atoms with Crippen molar-refractivity contribution < 1.29 is 9.59 Å². The summed E-state index contributed by atoms with van der Waals surface area (Å²) in [4.78, 5) is 26.8. The first-order valence-corrected chi connectivity index (χ1v) is 10.2. The van der Waals surface area contributed by atoms with Crippen molar-refractivity contribution in [2.45, 2.75) is 19.9 Å². The van der Waals surface area contributed by atoms with Gasteiger partial charge in [-0.3, -0.25) is 9.59 Å². The molecular weight excluding hydrogens is 374 g/mol. The number of carbonyl (C=O) groups excluding carboxylic acids is 2. The Morgan fingerprint density at radius 3 is 2.57 bits per heavy atom. The maximum Gasteiger partial charge on any atom is 0.258 e. The lowest BCUT2D eigenvalue weighted by atomic mass is 10.1. The minimum atomic E-state index is -0.0784. The van der Waals surface area contributed by atoms with E-state index >= 15 is 0 Å². The fourth-order valence-corrected chi connectivity index (χ4v) is 3.70. The van der Waals surface area contributed by atoms with Crippen molar-refractivity contribution in [2.24, 2.45) is 0 Å². The van der Waals surface area contributed by atoms with Gasteiger partial charge < -0.3 is 15.5 Å². The van der Waals surface area contributed by atoms with Crippen molar-refractivity contribution in [3.63, 3.8) is 0 Å². The predicted octanol–water partition coefficient (Wildman–Crippen LogP) is 3.93. The molecule has 152 valence electrons. The Labute approximate surface area is 176 Å². The van der Waals surface area contributed by atoms with Crippen LogP contribution in [0.4, 0.5) is 11.4 Å². The third-order valence-electron chi connectivity index (χ3n) is 5.29. The zero-order valence-electron chi connectivity index (χ0n) is 17.0. The summed E-state index contributed by atoms with van der Waals surface area (Å²) in [7, 11) is 0. The van der Waals surface area contributed by atoms with E-state index in [4.69, 9.17) is 0 Å². The summed E-state index contributed by atoms with van der Waals surface area (Å²) in [6, 6.07) is 23.4. The van der Waals surface area contributed by atoms with E-state index < -0.39 is 0 Å². The van der Waals surface area contributed by atoms with Crippen LogP contribution in [0.5, 0.6) is 0 Å². The second-order valence-electron chi connectivity index (χ2n) is 7.53. The first-order valence-electron chi connectivity index (χ1n) is 10.2. The van der Waals surface area contributed by atoms with E-state index in [0.29, 0.717) is 18.7 Å². The molecule has 5 nitrogen and oxygen atoms in total. The molecule has 30 heavy (non-hydrogen) atoms. The van der Waals surface area contributed by atoms with E-state index in [1.54, 1.807) is 12.1 Å². The molecule has 2 amide bonds. The van der Waals surface area contributed by atoms with Crippen LogP contribution >= 0.6 is 0 Å². The van der Waals surface area contributed by atoms with Crippen LogP contribution in [0.15, 0.2) is 72.8 Å². The highest BCUT2D eigenvalue weighted by Gasteiger charge is 2.24. The fraction of sp³-hybridized carbons (Fsp3) is 0.200. The smallest absolute Gasteiger partial charge is 0.258 e. The molecule has 1 aliphatic heterocycles. The number of fused-ring (bicyclic) bond motifs is 1. The van der Waals surface area contributed by atoms with E-state index in [9.17, 15) is 9.59 Å². The summed E-state index contributed by atoms with van der Waals surface area (Å²) >= 11 is 0. The fourth-order valence-electron chi connectivity index (χ4n) is 3.70. The number of amides is 2. The Bertz CT molecular complexity index is 1060. The highest BCUT2D eigenvalue weighted by Crippen LogP contribution is 2.29. The molecule has 3 aromatic rings. The second-order valence-corrected chi connectivity index (χ2v) is 7.53. The Morgan fingerprint density at radius 1 is 0.967 bits per heavy atom. The first-order chi connectivity index (χ1) is 14.6. The van der Waals surface area contributed by atoms with Gasteiger partial charge in [0, 0.05) is 30.0 Å². The van der Waals surface area contributed by atoms with Gasteiger partial charge in [0.1, 0.15) is 0 Å². The maximum absolute atomic E-state index is 12.9. The summed E-state index contributed by atoms with van der Waals surface area (Å²) in [6.45, 7) is 3.43. The number of hydrogen-bond donors (Lipinski definition) is 2. The number of nitrogens with zero attached hydrogens (tertiary/aromatic N) is 1. The molecule has 0 aliphatic carbocycles. The molecule has 0 radical (unpaired) electrons. The molecule has 0 aromatic heterocycles. The third-order valence-corrected chi connectivity index (χ3v) is 5.29. The molecule has 4 rings (SSSR count). The number of para-hydroxylation sites is 1. The number of anilines is 2. The molecular formula is C25H25N3O2. The highest BCUT2D eigenvalue weighted by atomic mass is 16.2. The van der Waals surface area contributed by atoms with E-state index in [-0.39, 0.29) is 18.4 Å². The average molecular weight is 399 g/mol.